The summed E-state index contributed by atoms with van der Waals surface area (Å²) in [6, 6.07) is 3.76. The van der Waals surface area contributed by atoms with Crippen LogP contribution in [0, 0.1) is 17.8 Å². The molecule has 1 fully saturated rings. The van der Waals surface area contributed by atoms with Crippen molar-refractivity contribution in [2.75, 3.05) is 5.32 Å². The third-order valence-corrected chi connectivity index (χ3v) is 3.33. The lowest BCUT2D eigenvalue weighted by Gasteiger charge is -2.35. The lowest BCUT2D eigenvalue weighted by molar-refractivity contribution is -0.239. The Balaban J connectivity index is 2.20. The van der Waals surface area contributed by atoms with E-state index in [-0.39, 0.29) is 22.6 Å². The van der Waals surface area contributed by atoms with Crippen LogP contribution in [0.15, 0.2) is 18.2 Å². The van der Waals surface area contributed by atoms with Crippen LogP contribution in [0.5, 0.6) is 0 Å². The highest BCUT2D eigenvalue weighted by Gasteiger charge is 2.61. The van der Waals surface area contributed by atoms with Gasteiger partial charge >= 0.3 is 12.3 Å². The fourth-order valence-corrected chi connectivity index (χ4v) is 2.11. The van der Waals surface area contributed by atoms with Crippen LogP contribution in [0.1, 0.15) is 18.4 Å². The van der Waals surface area contributed by atoms with Gasteiger partial charge < -0.3 is 4.74 Å². The quantitative estimate of drug-likeness (QED) is 0.588. The number of rotatable bonds is 0. The minimum atomic E-state index is -4.85. The van der Waals surface area contributed by atoms with Gasteiger partial charge in [-0.15, -0.1) is 0 Å². The smallest absolute Gasteiger partial charge is 0.415 e. The van der Waals surface area contributed by atoms with E-state index in [0.29, 0.717) is 0 Å². The van der Waals surface area contributed by atoms with Crippen LogP contribution >= 0.6 is 0 Å². The molecular weight excluding hydrogens is 282 g/mol. The van der Waals surface area contributed by atoms with Gasteiger partial charge in [0.2, 0.25) is 0 Å². The summed E-state index contributed by atoms with van der Waals surface area (Å²) in [5.41, 5.74) is -2.99. The van der Waals surface area contributed by atoms with Crippen molar-refractivity contribution < 1.29 is 22.7 Å². The number of alkyl halides is 3. The number of amides is 1. The van der Waals surface area contributed by atoms with Gasteiger partial charge in [-0.3, -0.25) is 5.32 Å². The summed E-state index contributed by atoms with van der Waals surface area (Å²) in [7, 11) is 5.55. The van der Waals surface area contributed by atoms with E-state index in [2.05, 4.69) is 21.9 Å². The predicted molar refractivity (Wildman–Crippen MR) is 70.2 cm³/mol. The largest absolute Gasteiger partial charge is 0.445 e. The van der Waals surface area contributed by atoms with Gasteiger partial charge in [0.15, 0.2) is 0 Å². The van der Waals surface area contributed by atoms with E-state index >= 15 is 0 Å². The van der Waals surface area contributed by atoms with Gasteiger partial charge in [0.05, 0.1) is 5.69 Å². The fraction of sp³-hybridized carbons (Fsp3) is 0.357. The minimum absolute atomic E-state index is 0.0336. The molecule has 0 bridgehead atoms. The van der Waals surface area contributed by atoms with Crippen LogP contribution in [0.4, 0.5) is 23.7 Å². The molecule has 1 heterocycles. The zero-order valence-corrected chi connectivity index (χ0v) is 10.8. The second-order valence-electron chi connectivity index (χ2n) is 5.04. The van der Waals surface area contributed by atoms with E-state index in [0.717, 1.165) is 12.8 Å². The molecule has 3 nitrogen and oxygen atoms in total. The van der Waals surface area contributed by atoms with Crippen molar-refractivity contribution in [2.45, 2.75) is 24.6 Å². The van der Waals surface area contributed by atoms with Crippen molar-refractivity contribution in [3.05, 3.63) is 23.8 Å². The Labute approximate surface area is 120 Å². The first-order chi connectivity index (χ1) is 9.82. The van der Waals surface area contributed by atoms with Gasteiger partial charge in [-0.25, -0.2) is 4.79 Å². The molecule has 1 saturated carbocycles. The number of cyclic esters (lactones) is 1. The maximum absolute atomic E-state index is 13.6. The van der Waals surface area contributed by atoms with Crippen molar-refractivity contribution in [2.24, 2.45) is 5.92 Å². The fourth-order valence-electron chi connectivity index (χ4n) is 2.11. The summed E-state index contributed by atoms with van der Waals surface area (Å²) in [4.78, 5) is 11.5. The summed E-state index contributed by atoms with van der Waals surface area (Å²) in [6.45, 7) is 0. The van der Waals surface area contributed by atoms with Crippen LogP contribution in [0.2, 0.25) is 0 Å². The molecule has 0 spiro atoms. The summed E-state index contributed by atoms with van der Waals surface area (Å²) >= 11 is 0. The molecule has 3 rings (SSSR count). The van der Waals surface area contributed by atoms with Crippen LogP contribution in [-0.4, -0.2) is 20.1 Å². The molecule has 0 aromatic heterocycles. The molecule has 1 amide bonds. The Morgan fingerprint density at radius 3 is 2.71 bits per heavy atom. The standard InChI is InChI=1S/C14H9BF3NO2/c15-9-3-4-10-11(7-9)19-12(20)21-13(10,14(16,17)18)6-5-8-1-2-8/h3-4,7-8H,1-2H2,(H,19,20). The number of carbonyl (C=O) groups excluding carboxylic acids is 1. The molecule has 1 aliphatic heterocycles. The van der Waals surface area contributed by atoms with Crippen LogP contribution in [0.25, 0.3) is 0 Å². The third-order valence-electron chi connectivity index (χ3n) is 3.33. The van der Waals surface area contributed by atoms with E-state index in [1.165, 1.54) is 18.2 Å². The Hall–Kier alpha value is -2.10. The molecule has 1 aromatic carbocycles. The second kappa shape index (κ2) is 4.45. The molecule has 2 aliphatic rings. The number of hydrogen-bond acceptors (Lipinski definition) is 2. The highest BCUT2D eigenvalue weighted by Crippen LogP contribution is 2.47. The van der Waals surface area contributed by atoms with Gasteiger partial charge in [-0.2, -0.15) is 13.2 Å². The average Bonchev–Trinajstić information content (AvgIpc) is 3.17. The molecule has 1 unspecified atom stereocenters. The van der Waals surface area contributed by atoms with E-state index in [1.54, 1.807) is 0 Å². The molecular formula is C14H9BF3NO2. The van der Waals surface area contributed by atoms with Crippen molar-refractivity contribution in [1.29, 1.82) is 0 Å². The van der Waals surface area contributed by atoms with E-state index in [4.69, 9.17) is 7.85 Å². The first-order valence-electron chi connectivity index (χ1n) is 6.31. The molecule has 1 aliphatic carbocycles. The molecule has 2 radical (unpaired) electrons. The van der Waals surface area contributed by atoms with Gasteiger partial charge in [-0.05, 0) is 24.8 Å². The van der Waals surface area contributed by atoms with E-state index in [1.807, 2.05) is 0 Å². The molecule has 1 N–H and O–H groups in total. The summed E-state index contributed by atoms with van der Waals surface area (Å²) < 4.78 is 45.3. The summed E-state index contributed by atoms with van der Waals surface area (Å²) in [5.74, 6) is 4.63. The molecule has 1 atom stereocenters. The SMILES string of the molecule is [B]c1ccc2c(c1)NC(=O)OC2(C#CC1CC1)C(F)(F)F. The zero-order chi connectivity index (χ0) is 15.3. The number of fused-ring (bicyclic) bond motifs is 1. The molecule has 106 valence electrons. The van der Waals surface area contributed by atoms with Crippen molar-refractivity contribution in [3.8, 4) is 11.8 Å². The maximum atomic E-state index is 13.6. The number of nitrogens with one attached hydrogen (secondary N) is 1. The van der Waals surface area contributed by atoms with Crippen molar-refractivity contribution in [3.63, 3.8) is 0 Å². The molecule has 1 aromatic rings. The van der Waals surface area contributed by atoms with Crippen molar-refractivity contribution >= 4 is 25.1 Å². The van der Waals surface area contributed by atoms with Crippen LogP contribution in [-0.2, 0) is 10.3 Å². The summed E-state index contributed by atoms with van der Waals surface area (Å²) in [6.07, 6.45) is -4.52. The molecule has 7 heteroatoms. The molecule has 0 saturated heterocycles. The number of halogens is 3. The monoisotopic (exact) mass is 291 g/mol. The third kappa shape index (κ3) is 2.35. The van der Waals surface area contributed by atoms with Gasteiger partial charge in [0, 0.05) is 11.5 Å². The highest BCUT2D eigenvalue weighted by molar-refractivity contribution is 6.32. The van der Waals surface area contributed by atoms with E-state index in [9.17, 15) is 18.0 Å². The Bertz CT molecular complexity index is 673. The highest BCUT2D eigenvalue weighted by atomic mass is 19.4. The predicted octanol–water partition coefficient (Wildman–Crippen LogP) is 2.21. The number of hydrogen-bond donors (Lipinski definition) is 1. The van der Waals surface area contributed by atoms with Gasteiger partial charge in [-0.1, -0.05) is 23.5 Å². The minimum Gasteiger partial charge on any atom is -0.415 e. The first kappa shape index (κ1) is 13.9. The number of anilines is 1. The van der Waals surface area contributed by atoms with E-state index < -0.39 is 17.9 Å². The number of benzene rings is 1. The summed E-state index contributed by atoms with van der Waals surface area (Å²) in [5, 5.41) is 2.22. The second-order valence-corrected chi connectivity index (χ2v) is 5.04. The van der Waals surface area contributed by atoms with Crippen LogP contribution in [0.3, 0.4) is 0 Å². The number of ether oxygens (including phenoxy) is 1. The normalized spacial score (nSPS) is 24.2. The zero-order valence-electron chi connectivity index (χ0n) is 10.8. The lowest BCUT2D eigenvalue weighted by Crippen LogP contribution is -2.49. The lowest BCUT2D eigenvalue weighted by atomic mass is 9.86. The molecule has 21 heavy (non-hydrogen) atoms. The van der Waals surface area contributed by atoms with Gasteiger partial charge in [0.1, 0.15) is 7.85 Å². The number of carbonyl (C=O) groups is 1. The average molecular weight is 291 g/mol. The van der Waals surface area contributed by atoms with Crippen LogP contribution < -0.4 is 10.8 Å². The Morgan fingerprint density at radius 2 is 2.10 bits per heavy atom. The Kier molecular flexibility index (Phi) is 2.94. The first-order valence-corrected chi connectivity index (χ1v) is 6.31. The van der Waals surface area contributed by atoms with Gasteiger partial charge in [0.25, 0.3) is 5.60 Å². The Morgan fingerprint density at radius 1 is 1.38 bits per heavy atom. The van der Waals surface area contributed by atoms with Crippen molar-refractivity contribution in [1.82, 2.24) is 0 Å². The topological polar surface area (TPSA) is 38.3 Å². The maximum Gasteiger partial charge on any atom is 0.445 e.